The van der Waals surface area contributed by atoms with Crippen molar-refractivity contribution in [3.8, 4) is 0 Å². The molecule has 1 heterocycles. The van der Waals surface area contributed by atoms with Crippen molar-refractivity contribution in [2.75, 3.05) is 32.5 Å². The van der Waals surface area contributed by atoms with Crippen molar-refractivity contribution in [2.45, 2.75) is 37.6 Å². The summed E-state index contributed by atoms with van der Waals surface area (Å²) in [5.74, 6) is -0.297. The molecule has 0 unspecified atom stereocenters. The van der Waals surface area contributed by atoms with Crippen LogP contribution in [0.1, 0.15) is 34.3 Å². The first-order valence-electron chi connectivity index (χ1n) is 12.0. The summed E-state index contributed by atoms with van der Waals surface area (Å²) in [7, 11) is -0.445. The average molecular weight is 509 g/mol. The number of sulfonamides is 1. The Morgan fingerprint density at radius 1 is 0.917 bits per heavy atom. The van der Waals surface area contributed by atoms with Gasteiger partial charge in [0.1, 0.15) is 0 Å². The van der Waals surface area contributed by atoms with Crippen LogP contribution >= 0.6 is 0 Å². The SMILES string of the molecule is Cc1cccc(NC(=O)c2ccc(S(=O)(=O)NC3CCN(C(=O)N(C)C)CC3)c3ccccc23)c1C. The van der Waals surface area contributed by atoms with Crippen LogP contribution in [0.2, 0.25) is 0 Å². The smallest absolute Gasteiger partial charge is 0.319 e. The molecule has 0 aliphatic carbocycles. The van der Waals surface area contributed by atoms with Gasteiger partial charge in [0.15, 0.2) is 0 Å². The number of benzene rings is 3. The molecule has 3 amide bonds. The minimum absolute atomic E-state index is 0.0722. The van der Waals surface area contributed by atoms with E-state index < -0.39 is 10.0 Å². The Morgan fingerprint density at radius 3 is 2.25 bits per heavy atom. The normalized spacial score (nSPS) is 14.6. The molecule has 1 aliphatic heterocycles. The third-order valence-corrected chi connectivity index (χ3v) is 8.32. The van der Waals surface area contributed by atoms with Crippen LogP contribution < -0.4 is 10.0 Å². The molecule has 1 fully saturated rings. The minimum Gasteiger partial charge on any atom is -0.331 e. The Balaban J connectivity index is 1.57. The molecule has 0 spiro atoms. The zero-order valence-corrected chi connectivity index (χ0v) is 21.9. The van der Waals surface area contributed by atoms with Gasteiger partial charge in [-0.2, -0.15) is 0 Å². The topological polar surface area (TPSA) is 98.8 Å². The molecular formula is C27H32N4O4S. The Hall–Kier alpha value is -3.43. The quantitative estimate of drug-likeness (QED) is 0.541. The number of piperidine rings is 1. The van der Waals surface area contributed by atoms with Crippen LogP contribution in [0.3, 0.4) is 0 Å². The second kappa shape index (κ2) is 10.3. The van der Waals surface area contributed by atoms with Gasteiger partial charge in [0.2, 0.25) is 10.0 Å². The number of amides is 3. The van der Waals surface area contributed by atoms with Crippen LogP contribution in [0, 0.1) is 13.8 Å². The second-order valence-corrected chi connectivity index (χ2v) is 11.1. The number of nitrogens with one attached hydrogen (secondary N) is 2. The highest BCUT2D eigenvalue weighted by molar-refractivity contribution is 7.89. The lowest BCUT2D eigenvalue weighted by Gasteiger charge is -2.33. The summed E-state index contributed by atoms with van der Waals surface area (Å²) in [5, 5.41) is 4.01. The van der Waals surface area contributed by atoms with E-state index in [4.69, 9.17) is 0 Å². The predicted molar refractivity (Wildman–Crippen MR) is 142 cm³/mol. The summed E-state index contributed by atoms with van der Waals surface area (Å²) in [6.45, 7) is 4.91. The highest BCUT2D eigenvalue weighted by atomic mass is 32.2. The number of fused-ring (bicyclic) bond motifs is 1. The number of rotatable bonds is 5. The van der Waals surface area contributed by atoms with Crippen LogP contribution in [0.15, 0.2) is 59.5 Å². The molecule has 36 heavy (non-hydrogen) atoms. The summed E-state index contributed by atoms with van der Waals surface area (Å²) in [6, 6.07) is 15.5. The number of aryl methyl sites for hydroxylation is 1. The summed E-state index contributed by atoms with van der Waals surface area (Å²) in [5.41, 5.74) is 3.18. The molecule has 8 nitrogen and oxygen atoms in total. The molecule has 1 saturated heterocycles. The molecule has 9 heteroatoms. The molecular weight excluding hydrogens is 476 g/mol. The van der Waals surface area contributed by atoms with Gasteiger partial charge in [-0.05, 0) is 61.4 Å². The van der Waals surface area contributed by atoms with Gasteiger partial charge in [-0.15, -0.1) is 0 Å². The highest BCUT2D eigenvalue weighted by Gasteiger charge is 2.28. The third kappa shape index (κ3) is 5.22. The molecule has 0 saturated carbocycles. The fraction of sp³-hybridized carbons (Fsp3) is 0.333. The first kappa shape index (κ1) is 25.7. The number of anilines is 1. The maximum Gasteiger partial charge on any atom is 0.319 e. The monoisotopic (exact) mass is 508 g/mol. The number of hydrogen-bond donors (Lipinski definition) is 2. The lowest BCUT2D eigenvalue weighted by molar-refractivity contribution is 0.102. The Bertz CT molecular complexity index is 1410. The number of carbonyl (C=O) groups excluding carboxylic acids is 2. The summed E-state index contributed by atoms with van der Waals surface area (Å²) in [6.07, 6.45) is 1.07. The van der Waals surface area contributed by atoms with Gasteiger partial charge >= 0.3 is 6.03 Å². The van der Waals surface area contributed by atoms with Crippen molar-refractivity contribution in [3.63, 3.8) is 0 Å². The fourth-order valence-electron chi connectivity index (χ4n) is 4.53. The molecule has 0 radical (unpaired) electrons. The largest absolute Gasteiger partial charge is 0.331 e. The number of likely N-dealkylation sites (tertiary alicyclic amines) is 1. The van der Waals surface area contributed by atoms with Gasteiger partial charge in [0.05, 0.1) is 4.90 Å². The van der Waals surface area contributed by atoms with Crippen LogP contribution in [0.5, 0.6) is 0 Å². The maximum absolute atomic E-state index is 13.4. The molecule has 0 atom stereocenters. The van der Waals surface area contributed by atoms with Gasteiger partial charge in [-0.1, -0.05) is 36.4 Å². The standard InChI is InChI=1S/C27H32N4O4S/c1-18-8-7-11-24(19(18)2)28-26(32)23-12-13-25(22-10-6-5-9-21(22)23)36(34,35)29-20-14-16-31(17-15-20)27(33)30(3)4/h5-13,20,29H,14-17H2,1-4H3,(H,28,32). The van der Waals surface area contributed by atoms with E-state index in [1.54, 1.807) is 49.3 Å². The maximum atomic E-state index is 13.4. The van der Waals surface area contributed by atoms with Crippen molar-refractivity contribution in [2.24, 2.45) is 0 Å². The molecule has 4 rings (SSSR count). The molecule has 1 aliphatic rings. The predicted octanol–water partition coefficient (Wildman–Crippen LogP) is 4.13. The lowest BCUT2D eigenvalue weighted by Crippen LogP contribution is -2.49. The number of hydrogen-bond acceptors (Lipinski definition) is 4. The Morgan fingerprint density at radius 2 is 1.58 bits per heavy atom. The summed E-state index contributed by atoms with van der Waals surface area (Å²) >= 11 is 0. The minimum atomic E-state index is -3.85. The zero-order chi connectivity index (χ0) is 26.0. The molecule has 2 N–H and O–H groups in total. The molecule has 190 valence electrons. The van der Waals surface area contributed by atoms with Crippen LogP contribution in [0.4, 0.5) is 10.5 Å². The van der Waals surface area contributed by atoms with E-state index >= 15 is 0 Å². The van der Waals surface area contributed by atoms with E-state index in [0.717, 1.165) is 16.8 Å². The molecule has 3 aromatic rings. The first-order chi connectivity index (χ1) is 17.1. The van der Waals surface area contributed by atoms with E-state index in [1.807, 2.05) is 32.0 Å². The summed E-state index contributed by atoms with van der Waals surface area (Å²) < 4.78 is 29.6. The van der Waals surface area contributed by atoms with Crippen molar-refractivity contribution < 1.29 is 18.0 Å². The van der Waals surface area contributed by atoms with E-state index in [1.165, 1.54) is 11.0 Å². The van der Waals surface area contributed by atoms with Crippen molar-refractivity contribution >= 4 is 38.4 Å². The number of nitrogens with zero attached hydrogens (tertiary/aromatic N) is 2. The lowest BCUT2D eigenvalue weighted by atomic mass is 10.0. The van der Waals surface area contributed by atoms with Gasteiger partial charge in [0, 0.05) is 49.9 Å². The zero-order valence-electron chi connectivity index (χ0n) is 21.0. The molecule has 0 aromatic heterocycles. The average Bonchev–Trinajstić information content (AvgIpc) is 2.85. The van der Waals surface area contributed by atoms with Gasteiger partial charge in [-0.3, -0.25) is 4.79 Å². The second-order valence-electron chi connectivity index (χ2n) is 9.42. The van der Waals surface area contributed by atoms with E-state index in [-0.39, 0.29) is 22.9 Å². The van der Waals surface area contributed by atoms with Crippen LogP contribution in [-0.4, -0.2) is 63.4 Å². The fourth-order valence-corrected chi connectivity index (χ4v) is 6.05. The van der Waals surface area contributed by atoms with Gasteiger partial charge < -0.3 is 15.1 Å². The van der Waals surface area contributed by atoms with Crippen molar-refractivity contribution in [1.29, 1.82) is 0 Å². The number of urea groups is 1. The Labute approximate surface area is 212 Å². The Kier molecular flexibility index (Phi) is 7.33. The van der Waals surface area contributed by atoms with Crippen LogP contribution in [0.25, 0.3) is 10.8 Å². The van der Waals surface area contributed by atoms with E-state index in [0.29, 0.717) is 42.3 Å². The van der Waals surface area contributed by atoms with E-state index in [9.17, 15) is 18.0 Å². The van der Waals surface area contributed by atoms with Crippen molar-refractivity contribution in [3.05, 3.63) is 71.3 Å². The van der Waals surface area contributed by atoms with E-state index in [2.05, 4.69) is 10.0 Å². The van der Waals surface area contributed by atoms with Gasteiger partial charge in [-0.25, -0.2) is 17.9 Å². The van der Waals surface area contributed by atoms with Gasteiger partial charge in [0.25, 0.3) is 5.91 Å². The molecule has 3 aromatic carbocycles. The third-order valence-electron chi connectivity index (χ3n) is 6.74. The molecule has 0 bridgehead atoms. The van der Waals surface area contributed by atoms with Crippen molar-refractivity contribution in [1.82, 2.24) is 14.5 Å². The number of carbonyl (C=O) groups is 2. The van der Waals surface area contributed by atoms with Crippen LogP contribution in [-0.2, 0) is 10.0 Å². The summed E-state index contributed by atoms with van der Waals surface area (Å²) in [4.78, 5) is 28.7. The first-order valence-corrected chi connectivity index (χ1v) is 13.4. The highest BCUT2D eigenvalue weighted by Crippen LogP contribution is 2.28.